The van der Waals surface area contributed by atoms with E-state index in [1.807, 2.05) is 43.3 Å². The van der Waals surface area contributed by atoms with Crippen LogP contribution in [0.2, 0.25) is 10.0 Å². The summed E-state index contributed by atoms with van der Waals surface area (Å²) in [6, 6.07) is 13.0. The van der Waals surface area contributed by atoms with Gasteiger partial charge in [-0.2, -0.15) is 0 Å². The number of carbonyl (C=O) groups is 1. The smallest absolute Gasteiger partial charge is 0.224 e. The Bertz CT molecular complexity index is 626. The first-order valence-corrected chi connectivity index (χ1v) is 7.11. The number of nitrogens with one attached hydrogen (secondary N) is 1. The van der Waals surface area contributed by atoms with Crippen molar-refractivity contribution in [2.45, 2.75) is 19.8 Å². The van der Waals surface area contributed by atoms with E-state index in [-0.39, 0.29) is 5.91 Å². The number of halogens is 2. The molecule has 2 nitrogen and oxygen atoms in total. The molecule has 0 bridgehead atoms. The quantitative estimate of drug-likeness (QED) is 0.857. The van der Waals surface area contributed by atoms with Gasteiger partial charge in [-0.3, -0.25) is 4.79 Å². The van der Waals surface area contributed by atoms with Crippen LogP contribution in [0.3, 0.4) is 0 Å². The summed E-state index contributed by atoms with van der Waals surface area (Å²) in [5.74, 6) is -0.0321. The number of hydrogen-bond donors (Lipinski definition) is 1. The predicted molar refractivity (Wildman–Crippen MR) is 84.6 cm³/mol. The molecular formula is C16H15Cl2NO. The van der Waals surface area contributed by atoms with Crippen LogP contribution >= 0.6 is 23.2 Å². The summed E-state index contributed by atoms with van der Waals surface area (Å²) in [7, 11) is 0. The largest absolute Gasteiger partial charge is 0.326 e. The number of benzene rings is 2. The van der Waals surface area contributed by atoms with Gasteiger partial charge >= 0.3 is 0 Å². The van der Waals surface area contributed by atoms with Crippen molar-refractivity contribution in [1.29, 1.82) is 0 Å². The third kappa shape index (κ3) is 3.99. The zero-order valence-electron chi connectivity index (χ0n) is 11.1. The van der Waals surface area contributed by atoms with Crippen LogP contribution in [0.15, 0.2) is 42.5 Å². The van der Waals surface area contributed by atoms with Crippen molar-refractivity contribution in [2.75, 3.05) is 5.32 Å². The molecule has 1 amide bonds. The normalized spacial score (nSPS) is 10.3. The van der Waals surface area contributed by atoms with Gasteiger partial charge in [-0.15, -0.1) is 0 Å². The second-order valence-electron chi connectivity index (χ2n) is 4.60. The first-order chi connectivity index (χ1) is 9.56. The minimum Gasteiger partial charge on any atom is -0.326 e. The minimum atomic E-state index is -0.0321. The van der Waals surface area contributed by atoms with Crippen LogP contribution in [0, 0.1) is 6.92 Å². The predicted octanol–water partition coefficient (Wildman–Crippen LogP) is 4.87. The lowest BCUT2D eigenvalue weighted by molar-refractivity contribution is -0.116. The average molecular weight is 308 g/mol. The van der Waals surface area contributed by atoms with E-state index in [2.05, 4.69) is 5.32 Å². The molecule has 0 fully saturated rings. The summed E-state index contributed by atoms with van der Waals surface area (Å²) in [4.78, 5) is 11.9. The fourth-order valence-electron chi connectivity index (χ4n) is 1.93. The number of anilines is 1. The van der Waals surface area contributed by atoms with Crippen LogP contribution in [0.4, 0.5) is 5.69 Å². The maximum atomic E-state index is 11.9. The Kier molecular flexibility index (Phi) is 5.05. The van der Waals surface area contributed by atoms with Crippen molar-refractivity contribution in [1.82, 2.24) is 0 Å². The maximum absolute atomic E-state index is 11.9. The second kappa shape index (κ2) is 6.78. The van der Waals surface area contributed by atoms with Gasteiger partial charge in [0, 0.05) is 22.2 Å². The average Bonchev–Trinajstić information content (AvgIpc) is 2.41. The van der Waals surface area contributed by atoms with Crippen molar-refractivity contribution in [2.24, 2.45) is 0 Å². The molecule has 0 saturated heterocycles. The molecule has 0 heterocycles. The molecular weight excluding hydrogens is 293 g/mol. The van der Waals surface area contributed by atoms with Gasteiger partial charge < -0.3 is 5.32 Å². The Hall–Kier alpha value is -1.51. The Labute approximate surface area is 128 Å². The highest BCUT2D eigenvalue weighted by molar-refractivity contribution is 6.31. The fourth-order valence-corrected chi connectivity index (χ4v) is 2.39. The van der Waals surface area contributed by atoms with Gasteiger partial charge in [-0.05, 0) is 48.7 Å². The Balaban J connectivity index is 1.94. The summed E-state index contributed by atoms with van der Waals surface area (Å²) in [6.45, 7) is 1.91. The third-order valence-corrected chi connectivity index (χ3v) is 3.65. The van der Waals surface area contributed by atoms with Crippen LogP contribution in [0.1, 0.15) is 17.5 Å². The molecule has 0 aliphatic heterocycles. The lowest BCUT2D eigenvalue weighted by Crippen LogP contribution is -2.13. The van der Waals surface area contributed by atoms with Crippen LogP contribution in [-0.2, 0) is 11.2 Å². The van der Waals surface area contributed by atoms with Crippen LogP contribution in [0.25, 0.3) is 0 Å². The van der Waals surface area contributed by atoms with E-state index in [1.54, 1.807) is 6.07 Å². The van der Waals surface area contributed by atoms with E-state index in [1.165, 1.54) is 0 Å². The van der Waals surface area contributed by atoms with Crippen molar-refractivity contribution in [3.63, 3.8) is 0 Å². The number of amides is 1. The summed E-state index contributed by atoms with van der Waals surface area (Å²) in [5.41, 5.74) is 2.72. The van der Waals surface area contributed by atoms with Gasteiger partial charge in [0.1, 0.15) is 0 Å². The summed E-state index contributed by atoms with van der Waals surface area (Å²) in [5, 5.41) is 4.25. The topological polar surface area (TPSA) is 29.1 Å². The van der Waals surface area contributed by atoms with Crippen LogP contribution in [0.5, 0.6) is 0 Å². The molecule has 1 N–H and O–H groups in total. The number of aryl methyl sites for hydroxylation is 2. The van der Waals surface area contributed by atoms with E-state index in [9.17, 15) is 4.79 Å². The van der Waals surface area contributed by atoms with Crippen LogP contribution < -0.4 is 5.32 Å². The van der Waals surface area contributed by atoms with Crippen molar-refractivity contribution >= 4 is 34.8 Å². The van der Waals surface area contributed by atoms with Crippen molar-refractivity contribution in [3.05, 3.63) is 63.6 Å². The highest BCUT2D eigenvalue weighted by Gasteiger charge is 2.07. The molecule has 2 aromatic rings. The minimum absolute atomic E-state index is 0.0321. The summed E-state index contributed by atoms with van der Waals surface area (Å²) >= 11 is 11.9. The monoisotopic (exact) mass is 307 g/mol. The van der Waals surface area contributed by atoms with Crippen molar-refractivity contribution < 1.29 is 4.79 Å². The van der Waals surface area contributed by atoms with E-state index >= 15 is 0 Å². The van der Waals surface area contributed by atoms with Gasteiger partial charge in [0.2, 0.25) is 5.91 Å². The second-order valence-corrected chi connectivity index (χ2v) is 5.44. The Morgan fingerprint density at radius 1 is 1.15 bits per heavy atom. The first-order valence-electron chi connectivity index (χ1n) is 6.35. The highest BCUT2D eigenvalue weighted by Crippen LogP contribution is 2.20. The number of hydrogen-bond acceptors (Lipinski definition) is 1. The van der Waals surface area contributed by atoms with Gasteiger partial charge in [0.25, 0.3) is 0 Å². The van der Waals surface area contributed by atoms with E-state index < -0.39 is 0 Å². The van der Waals surface area contributed by atoms with E-state index in [0.717, 1.165) is 16.8 Å². The molecule has 0 radical (unpaired) electrons. The van der Waals surface area contributed by atoms with Gasteiger partial charge in [-0.25, -0.2) is 0 Å². The number of carbonyl (C=O) groups excluding carboxylic acids is 1. The third-order valence-electron chi connectivity index (χ3n) is 3.04. The molecule has 20 heavy (non-hydrogen) atoms. The molecule has 2 aromatic carbocycles. The molecule has 0 aliphatic rings. The van der Waals surface area contributed by atoms with Gasteiger partial charge in [0.05, 0.1) is 0 Å². The van der Waals surface area contributed by atoms with Crippen molar-refractivity contribution in [3.8, 4) is 0 Å². The first kappa shape index (κ1) is 14.9. The lowest BCUT2D eigenvalue weighted by atomic mass is 10.1. The van der Waals surface area contributed by atoms with Gasteiger partial charge in [0.15, 0.2) is 0 Å². The molecule has 2 rings (SSSR count). The molecule has 0 aliphatic carbocycles. The lowest BCUT2D eigenvalue weighted by Gasteiger charge is -2.09. The molecule has 0 aromatic heterocycles. The summed E-state index contributed by atoms with van der Waals surface area (Å²) < 4.78 is 0. The molecule has 104 valence electrons. The highest BCUT2D eigenvalue weighted by atomic mass is 35.5. The molecule has 0 saturated carbocycles. The van der Waals surface area contributed by atoms with Gasteiger partial charge in [-0.1, -0.05) is 41.4 Å². The zero-order chi connectivity index (χ0) is 14.5. The Morgan fingerprint density at radius 2 is 1.90 bits per heavy atom. The van der Waals surface area contributed by atoms with Crippen LogP contribution in [-0.4, -0.2) is 5.91 Å². The molecule has 0 unspecified atom stereocenters. The van der Waals surface area contributed by atoms with E-state index in [0.29, 0.717) is 22.9 Å². The standard InChI is InChI=1S/C16H15Cl2NO/c1-11-10-13(17)7-8-15(11)19-16(20)9-6-12-4-2-3-5-14(12)18/h2-5,7-8,10H,6,9H2,1H3,(H,19,20). The number of rotatable bonds is 4. The SMILES string of the molecule is Cc1cc(Cl)ccc1NC(=O)CCc1ccccc1Cl. The molecule has 0 atom stereocenters. The fraction of sp³-hybridized carbons (Fsp3) is 0.188. The Morgan fingerprint density at radius 3 is 2.60 bits per heavy atom. The summed E-state index contributed by atoms with van der Waals surface area (Å²) in [6.07, 6.45) is 1.02. The zero-order valence-corrected chi connectivity index (χ0v) is 12.6. The molecule has 0 spiro atoms. The maximum Gasteiger partial charge on any atom is 0.224 e. The van der Waals surface area contributed by atoms with E-state index in [4.69, 9.17) is 23.2 Å². The molecule has 4 heteroatoms.